The maximum Gasteiger partial charge on any atom is 0.264 e. The fourth-order valence-electron chi connectivity index (χ4n) is 3.17. The molecule has 1 amide bonds. The normalized spacial score (nSPS) is 15.7. The summed E-state index contributed by atoms with van der Waals surface area (Å²) < 4.78 is 11.8. The number of amides is 1. The Kier molecular flexibility index (Phi) is 7.37. The van der Waals surface area contributed by atoms with E-state index >= 15 is 0 Å². The number of nitrogens with zero attached hydrogens (tertiary/aromatic N) is 1. The Morgan fingerprint density at radius 2 is 1.82 bits per heavy atom. The molecule has 0 spiro atoms. The third-order valence-electron chi connectivity index (χ3n) is 4.77. The van der Waals surface area contributed by atoms with Gasteiger partial charge in [0.1, 0.15) is 6.61 Å². The molecular formula is C26H23ClN2O3S. The van der Waals surface area contributed by atoms with E-state index in [1.165, 1.54) is 17.3 Å². The summed E-state index contributed by atoms with van der Waals surface area (Å²) in [5, 5.41) is 3.75. The molecule has 7 heteroatoms. The van der Waals surface area contributed by atoms with Crippen LogP contribution in [-0.4, -0.2) is 17.7 Å². The van der Waals surface area contributed by atoms with Gasteiger partial charge in [-0.25, -0.2) is 4.99 Å². The van der Waals surface area contributed by atoms with Gasteiger partial charge >= 0.3 is 0 Å². The number of para-hydroxylation sites is 1. The summed E-state index contributed by atoms with van der Waals surface area (Å²) in [5.74, 6) is 0.810. The highest BCUT2D eigenvalue weighted by Crippen LogP contribution is 2.39. The predicted octanol–water partition coefficient (Wildman–Crippen LogP) is 6.52. The lowest BCUT2D eigenvalue weighted by Crippen LogP contribution is -2.19. The van der Waals surface area contributed by atoms with Crippen molar-refractivity contribution in [1.82, 2.24) is 5.32 Å². The molecule has 1 aliphatic heterocycles. The largest absolute Gasteiger partial charge is 0.490 e. The van der Waals surface area contributed by atoms with E-state index in [4.69, 9.17) is 21.1 Å². The van der Waals surface area contributed by atoms with Crippen molar-refractivity contribution in [2.24, 2.45) is 4.99 Å². The summed E-state index contributed by atoms with van der Waals surface area (Å²) in [4.78, 5) is 17.5. The second kappa shape index (κ2) is 10.6. The van der Waals surface area contributed by atoms with E-state index in [1.54, 1.807) is 12.1 Å². The Balaban J connectivity index is 1.55. The van der Waals surface area contributed by atoms with Gasteiger partial charge in [-0.2, -0.15) is 0 Å². The summed E-state index contributed by atoms with van der Waals surface area (Å²) >= 11 is 7.84. The molecule has 0 aliphatic carbocycles. The number of aliphatic imine (C=N–C) groups is 1. The van der Waals surface area contributed by atoms with E-state index in [9.17, 15) is 4.79 Å². The van der Waals surface area contributed by atoms with Crippen molar-refractivity contribution in [3.05, 3.63) is 93.3 Å². The fourth-order valence-corrected chi connectivity index (χ4v) is 4.28. The number of ether oxygens (including phenoxy) is 2. The molecule has 5 nitrogen and oxygen atoms in total. The van der Waals surface area contributed by atoms with E-state index in [0.29, 0.717) is 39.8 Å². The Bertz CT molecular complexity index is 1210. The van der Waals surface area contributed by atoms with Gasteiger partial charge in [0.25, 0.3) is 5.91 Å². The van der Waals surface area contributed by atoms with Gasteiger partial charge in [-0.05, 0) is 67.1 Å². The van der Waals surface area contributed by atoms with Crippen LogP contribution < -0.4 is 14.8 Å². The van der Waals surface area contributed by atoms with Crippen molar-refractivity contribution in [3.8, 4) is 11.5 Å². The van der Waals surface area contributed by atoms with Crippen molar-refractivity contribution in [3.63, 3.8) is 0 Å². The van der Waals surface area contributed by atoms with E-state index in [0.717, 1.165) is 16.8 Å². The second-order valence-electron chi connectivity index (χ2n) is 7.35. The van der Waals surface area contributed by atoms with Crippen LogP contribution in [0.2, 0.25) is 5.02 Å². The van der Waals surface area contributed by atoms with Gasteiger partial charge in [0.15, 0.2) is 16.7 Å². The molecule has 3 aromatic carbocycles. The summed E-state index contributed by atoms with van der Waals surface area (Å²) in [6.45, 7) is 4.77. The number of halogens is 1. The molecule has 1 aliphatic rings. The van der Waals surface area contributed by atoms with E-state index < -0.39 is 0 Å². The summed E-state index contributed by atoms with van der Waals surface area (Å²) in [6.07, 6.45) is 1.77. The number of aryl methyl sites for hydroxylation is 1. The van der Waals surface area contributed by atoms with E-state index in [2.05, 4.69) is 10.3 Å². The van der Waals surface area contributed by atoms with Crippen molar-refractivity contribution in [1.29, 1.82) is 0 Å². The smallest absolute Gasteiger partial charge is 0.264 e. The van der Waals surface area contributed by atoms with E-state index in [1.807, 2.05) is 74.5 Å². The van der Waals surface area contributed by atoms with Gasteiger partial charge in [-0.15, -0.1) is 0 Å². The molecule has 33 heavy (non-hydrogen) atoms. The first-order valence-corrected chi connectivity index (χ1v) is 11.7. The third kappa shape index (κ3) is 5.97. The van der Waals surface area contributed by atoms with Gasteiger partial charge in [0.2, 0.25) is 0 Å². The maximum atomic E-state index is 12.5. The van der Waals surface area contributed by atoms with Crippen LogP contribution in [0.3, 0.4) is 0 Å². The molecule has 0 radical (unpaired) electrons. The highest BCUT2D eigenvalue weighted by molar-refractivity contribution is 8.18. The monoisotopic (exact) mass is 478 g/mol. The Morgan fingerprint density at radius 1 is 1.06 bits per heavy atom. The lowest BCUT2D eigenvalue weighted by molar-refractivity contribution is -0.115. The van der Waals surface area contributed by atoms with Crippen LogP contribution >= 0.6 is 23.4 Å². The number of carbonyl (C=O) groups excluding carboxylic acids is 1. The minimum absolute atomic E-state index is 0.205. The standard InChI is InChI=1S/C26H23ClN2O3S/c1-3-31-22-14-19(13-21(27)24(22)32-16-18-11-9-17(2)10-12-18)15-23-25(30)29-26(33-23)28-20-7-5-4-6-8-20/h4-15H,3,16H2,1-2H3,(H,28,29,30). The lowest BCUT2D eigenvalue weighted by Gasteiger charge is -2.15. The first kappa shape index (κ1) is 23.0. The molecule has 4 rings (SSSR count). The third-order valence-corrected chi connectivity index (χ3v) is 5.96. The highest BCUT2D eigenvalue weighted by Gasteiger charge is 2.24. The summed E-state index contributed by atoms with van der Waals surface area (Å²) in [5.41, 5.74) is 3.74. The molecule has 0 saturated carbocycles. The Hall–Kier alpha value is -3.22. The van der Waals surface area contributed by atoms with Gasteiger partial charge < -0.3 is 14.8 Å². The molecule has 1 saturated heterocycles. The van der Waals surface area contributed by atoms with Crippen molar-refractivity contribution in [2.75, 3.05) is 6.61 Å². The molecule has 0 unspecified atom stereocenters. The molecule has 0 atom stereocenters. The number of carbonyl (C=O) groups is 1. The van der Waals surface area contributed by atoms with Crippen LogP contribution in [0.25, 0.3) is 6.08 Å². The van der Waals surface area contributed by atoms with Crippen LogP contribution in [0.4, 0.5) is 5.69 Å². The van der Waals surface area contributed by atoms with Crippen molar-refractivity contribution in [2.45, 2.75) is 20.5 Å². The quantitative estimate of drug-likeness (QED) is 0.393. The predicted molar refractivity (Wildman–Crippen MR) is 135 cm³/mol. The SMILES string of the molecule is CCOc1cc(C=C2SC(=Nc3ccccc3)NC2=O)cc(Cl)c1OCc1ccc(C)cc1. The molecule has 0 aromatic heterocycles. The minimum atomic E-state index is -0.205. The molecule has 1 N–H and O–H groups in total. The number of rotatable bonds is 7. The Morgan fingerprint density at radius 3 is 2.55 bits per heavy atom. The average molecular weight is 479 g/mol. The van der Waals surface area contributed by atoms with E-state index in [-0.39, 0.29) is 5.91 Å². The Labute approximate surface area is 202 Å². The lowest BCUT2D eigenvalue weighted by atomic mass is 10.1. The van der Waals surface area contributed by atoms with Crippen LogP contribution in [-0.2, 0) is 11.4 Å². The number of benzene rings is 3. The van der Waals surface area contributed by atoms with Gasteiger partial charge in [0, 0.05) is 0 Å². The van der Waals surface area contributed by atoms with Crippen LogP contribution in [0.1, 0.15) is 23.6 Å². The zero-order valence-corrected chi connectivity index (χ0v) is 19.9. The summed E-state index contributed by atoms with van der Waals surface area (Å²) in [7, 11) is 0. The molecule has 168 valence electrons. The van der Waals surface area contributed by atoms with Crippen molar-refractivity contribution < 1.29 is 14.3 Å². The number of nitrogens with one attached hydrogen (secondary N) is 1. The average Bonchev–Trinajstić information content (AvgIpc) is 3.13. The highest BCUT2D eigenvalue weighted by atomic mass is 35.5. The molecule has 0 bridgehead atoms. The number of amidine groups is 1. The van der Waals surface area contributed by atoms with Crippen LogP contribution in [0.5, 0.6) is 11.5 Å². The van der Waals surface area contributed by atoms with Gasteiger partial charge in [-0.3, -0.25) is 4.79 Å². The minimum Gasteiger partial charge on any atom is -0.490 e. The summed E-state index contributed by atoms with van der Waals surface area (Å²) in [6, 6.07) is 21.2. The first-order valence-electron chi connectivity index (χ1n) is 10.5. The van der Waals surface area contributed by atoms with Gasteiger partial charge in [-0.1, -0.05) is 59.6 Å². The van der Waals surface area contributed by atoms with Crippen LogP contribution in [0.15, 0.2) is 76.6 Å². The van der Waals surface area contributed by atoms with Crippen LogP contribution in [0, 0.1) is 6.92 Å². The number of hydrogen-bond acceptors (Lipinski definition) is 5. The number of hydrogen-bond donors (Lipinski definition) is 1. The van der Waals surface area contributed by atoms with Crippen molar-refractivity contribution >= 4 is 46.2 Å². The molecular weight excluding hydrogens is 456 g/mol. The molecule has 3 aromatic rings. The first-order chi connectivity index (χ1) is 16.0. The topological polar surface area (TPSA) is 59.9 Å². The fraction of sp³-hybridized carbons (Fsp3) is 0.154. The maximum absolute atomic E-state index is 12.5. The zero-order valence-electron chi connectivity index (χ0n) is 18.3. The van der Waals surface area contributed by atoms with Gasteiger partial charge in [0.05, 0.1) is 22.2 Å². The molecule has 1 fully saturated rings. The zero-order chi connectivity index (χ0) is 23.2. The molecule has 1 heterocycles. The number of thioether (sulfide) groups is 1. The second-order valence-corrected chi connectivity index (χ2v) is 8.79.